The molecule has 0 radical (unpaired) electrons. The molecule has 2 aliphatic heterocycles. The summed E-state index contributed by atoms with van der Waals surface area (Å²) >= 11 is 0. The molecular formula is C30H42N4O3. The van der Waals surface area contributed by atoms with Crippen molar-refractivity contribution in [3.63, 3.8) is 0 Å². The summed E-state index contributed by atoms with van der Waals surface area (Å²) in [5.74, 6) is 0.352. The van der Waals surface area contributed by atoms with Gasteiger partial charge in [0, 0.05) is 56.9 Å². The lowest BCUT2D eigenvalue weighted by Crippen LogP contribution is -2.52. The number of likely N-dealkylation sites (N-methyl/N-ethyl adjacent to an activating group) is 1. The number of Topliss-reactive ketones (excluding diaryl/α,β-unsaturated/α-hetero) is 1. The van der Waals surface area contributed by atoms with E-state index in [0.717, 1.165) is 49.3 Å². The maximum Gasteiger partial charge on any atom is 0.223 e. The average Bonchev–Trinajstić information content (AvgIpc) is 2.96. The summed E-state index contributed by atoms with van der Waals surface area (Å²) in [7, 11) is 4.00. The molecule has 0 aromatic heterocycles. The van der Waals surface area contributed by atoms with Crippen molar-refractivity contribution in [1.82, 2.24) is 15.1 Å². The fourth-order valence-electron chi connectivity index (χ4n) is 5.44. The number of benzene rings is 2. The van der Waals surface area contributed by atoms with Gasteiger partial charge in [-0.05, 0) is 68.8 Å². The number of ether oxygens (including phenoxy) is 1. The molecule has 2 aromatic carbocycles. The first-order chi connectivity index (χ1) is 17.9. The van der Waals surface area contributed by atoms with E-state index in [4.69, 9.17) is 4.74 Å². The van der Waals surface area contributed by atoms with Gasteiger partial charge in [-0.1, -0.05) is 31.2 Å². The van der Waals surface area contributed by atoms with Crippen molar-refractivity contribution in [1.29, 1.82) is 0 Å². The van der Waals surface area contributed by atoms with Gasteiger partial charge in [0.05, 0.1) is 18.8 Å². The van der Waals surface area contributed by atoms with Crippen LogP contribution in [0.2, 0.25) is 0 Å². The summed E-state index contributed by atoms with van der Waals surface area (Å²) in [6.45, 7) is 8.68. The summed E-state index contributed by atoms with van der Waals surface area (Å²) in [5.41, 5.74) is 3.58. The number of anilines is 1. The molecule has 1 unspecified atom stereocenters. The molecule has 1 amide bonds. The van der Waals surface area contributed by atoms with Crippen LogP contribution >= 0.6 is 0 Å². The van der Waals surface area contributed by atoms with Crippen molar-refractivity contribution in [3.05, 3.63) is 65.2 Å². The highest BCUT2D eigenvalue weighted by Crippen LogP contribution is 2.29. The van der Waals surface area contributed by atoms with Crippen LogP contribution in [0.1, 0.15) is 41.3 Å². The van der Waals surface area contributed by atoms with Crippen molar-refractivity contribution >= 4 is 17.4 Å². The Hall–Kier alpha value is -2.74. The average molecular weight is 507 g/mol. The number of hydrogen-bond donors (Lipinski definition) is 1. The molecule has 7 nitrogen and oxygen atoms in total. The molecule has 2 aliphatic rings. The molecular weight excluding hydrogens is 464 g/mol. The number of carbonyl (C=O) groups excluding carboxylic acids is 2. The number of nitrogens with zero attached hydrogens (tertiary/aromatic N) is 3. The zero-order valence-electron chi connectivity index (χ0n) is 22.7. The van der Waals surface area contributed by atoms with E-state index in [1.165, 1.54) is 5.69 Å². The van der Waals surface area contributed by atoms with E-state index in [1.807, 2.05) is 31.1 Å². The number of rotatable bonds is 10. The van der Waals surface area contributed by atoms with Crippen molar-refractivity contribution in [2.75, 3.05) is 71.5 Å². The van der Waals surface area contributed by atoms with Crippen LogP contribution in [0.15, 0.2) is 48.5 Å². The molecule has 37 heavy (non-hydrogen) atoms. The number of carbonyl (C=O) groups is 2. The Balaban J connectivity index is 1.42. The van der Waals surface area contributed by atoms with Gasteiger partial charge in [0.1, 0.15) is 0 Å². The molecule has 0 spiro atoms. The molecule has 1 atom stereocenters. The zero-order chi connectivity index (χ0) is 26.3. The molecule has 7 heteroatoms. The smallest absolute Gasteiger partial charge is 0.223 e. The summed E-state index contributed by atoms with van der Waals surface area (Å²) in [6, 6.07) is 16.6. The van der Waals surface area contributed by atoms with E-state index in [9.17, 15) is 9.59 Å². The lowest BCUT2D eigenvalue weighted by Gasteiger charge is -2.38. The van der Waals surface area contributed by atoms with E-state index in [2.05, 4.69) is 58.4 Å². The van der Waals surface area contributed by atoms with E-state index in [0.29, 0.717) is 45.6 Å². The number of aryl methyl sites for hydroxylation is 1. The minimum atomic E-state index is -0.621. The van der Waals surface area contributed by atoms with Crippen LogP contribution in [-0.4, -0.2) is 93.6 Å². The highest BCUT2D eigenvalue weighted by molar-refractivity contribution is 6.03. The van der Waals surface area contributed by atoms with Gasteiger partial charge in [0.2, 0.25) is 5.91 Å². The van der Waals surface area contributed by atoms with Gasteiger partial charge in [0.25, 0.3) is 0 Å². The largest absolute Gasteiger partial charge is 0.378 e. The monoisotopic (exact) mass is 506 g/mol. The lowest BCUT2D eigenvalue weighted by atomic mass is 9.80. The number of nitrogens with one attached hydrogen (secondary N) is 1. The number of morpholine rings is 1. The maximum atomic E-state index is 13.9. The van der Waals surface area contributed by atoms with Crippen molar-refractivity contribution in [2.45, 2.75) is 38.1 Å². The minimum Gasteiger partial charge on any atom is -0.378 e. The van der Waals surface area contributed by atoms with Gasteiger partial charge >= 0.3 is 0 Å². The Morgan fingerprint density at radius 2 is 1.54 bits per heavy atom. The predicted molar refractivity (Wildman–Crippen MR) is 148 cm³/mol. The quantitative estimate of drug-likeness (QED) is 0.500. The van der Waals surface area contributed by atoms with Gasteiger partial charge in [-0.15, -0.1) is 0 Å². The minimum absolute atomic E-state index is 0.159. The molecule has 2 saturated heterocycles. The van der Waals surface area contributed by atoms with E-state index in [-0.39, 0.29) is 11.7 Å². The number of hydrogen-bond acceptors (Lipinski definition) is 6. The molecule has 0 bridgehead atoms. The third-order valence-corrected chi connectivity index (χ3v) is 7.99. The normalized spacial score (nSPS) is 18.1. The standard InChI is InChI=1S/C30H42N4O3/c1-4-30(32(2)3,29(36)26-10-12-27(13-11-26)33-17-15-31-16-18-33)23-25-7-5-24(6-8-25)9-14-28(35)34-19-21-37-22-20-34/h5-8,10-13,31H,4,9,14-23H2,1-3H3. The van der Waals surface area contributed by atoms with Gasteiger partial charge in [-0.3, -0.25) is 14.5 Å². The van der Waals surface area contributed by atoms with E-state index < -0.39 is 5.54 Å². The first-order valence-electron chi connectivity index (χ1n) is 13.6. The summed E-state index contributed by atoms with van der Waals surface area (Å²) < 4.78 is 5.34. The number of ketones is 1. The SMILES string of the molecule is CCC(Cc1ccc(CCC(=O)N2CCOCC2)cc1)(C(=O)c1ccc(N2CCNCC2)cc1)N(C)C. The van der Waals surface area contributed by atoms with Crippen LogP contribution in [0.4, 0.5) is 5.69 Å². The van der Waals surface area contributed by atoms with E-state index >= 15 is 0 Å². The van der Waals surface area contributed by atoms with Gasteiger partial charge in [-0.2, -0.15) is 0 Å². The molecule has 2 aromatic rings. The second-order valence-electron chi connectivity index (χ2n) is 10.4. The van der Waals surface area contributed by atoms with Crippen LogP contribution < -0.4 is 10.2 Å². The molecule has 2 fully saturated rings. The topological polar surface area (TPSA) is 65.1 Å². The first-order valence-corrected chi connectivity index (χ1v) is 13.6. The number of piperazine rings is 1. The molecule has 2 heterocycles. The summed E-state index contributed by atoms with van der Waals surface area (Å²) in [6.07, 6.45) is 2.59. The Morgan fingerprint density at radius 3 is 2.14 bits per heavy atom. The first kappa shape index (κ1) is 27.3. The van der Waals surface area contributed by atoms with Crippen molar-refractivity contribution < 1.29 is 14.3 Å². The van der Waals surface area contributed by atoms with Gasteiger partial charge < -0.3 is 19.9 Å². The summed E-state index contributed by atoms with van der Waals surface area (Å²) in [5, 5.41) is 3.38. The zero-order valence-corrected chi connectivity index (χ0v) is 22.7. The van der Waals surface area contributed by atoms with Crippen LogP contribution in [0.5, 0.6) is 0 Å². The van der Waals surface area contributed by atoms with Crippen LogP contribution in [0.25, 0.3) is 0 Å². The third-order valence-electron chi connectivity index (χ3n) is 7.99. The fraction of sp³-hybridized carbons (Fsp3) is 0.533. The molecule has 0 aliphatic carbocycles. The molecule has 0 saturated carbocycles. The highest BCUT2D eigenvalue weighted by atomic mass is 16.5. The predicted octanol–water partition coefficient (Wildman–Crippen LogP) is 3.02. The molecule has 4 rings (SSSR count). The fourth-order valence-corrected chi connectivity index (χ4v) is 5.44. The second-order valence-corrected chi connectivity index (χ2v) is 10.4. The Kier molecular flexibility index (Phi) is 9.35. The van der Waals surface area contributed by atoms with Crippen LogP contribution in [-0.2, 0) is 22.4 Å². The Morgan fingerprint density at radius 1 is 0.919 bits per heavy atom. The van der Waals surface area contributed by atoms with Crippen LogP contribution in [0.3, 0.4) is 0 Å². The Labute approximate surface area is 221 Å². The lowest BCUT2D eigenvalue weighted by molar-refractivity contribution is -0.135. The highest BCUT2D eigenvalue weighted by Gasteiger charge is 2.39. The van der Waals surface area contributed by atoms with Crippen molar-refractivity contribution in [2.24, 2.45) is 0 Å². The van der Waals surface area contributed by atoms with Crippen molar-refractivity contribution in [3.8, 4) is 0 Å². The van der Waals surface area contributed by atoms with E-state index in [1.54, 1.807) is 0 Å². The van der Waals surface area contributed by atoms with Gasteiger partial charge in [0.15, 0.2) is 5.78 Å². The Bertz CT molecular complexity index is 1030. The molecule has 1 N–H and O–H groups in total. The summed E-state index contributed by atoms with van der Waals surface area (Å²) in [4.78, 5) is 32.7. The third kappa shape index (κ3) is 6.58. The van der Waals surface area contributed by atoms with Crippen LogP contribution in [0, 0.1) is 0 Å². The van der Waals surface area contributed by atoms with Gasteiger partial charge in [-0.25, -0.2) is 0 Å². The second kappa shape index (κ2) is 12.7. The number of amides is 1. The molecule has 200 valence electrons. The maximum absolute atomic E-state index is 13.9.